The molecule has 1 unspecified atom stereocenters. The molecule has 232 valence electrons. The molecule has 5 rings (SSSR count). The fourth-order valence-corrected chi connectivity index (χ4v) is 6.03. The summed E-state index contributed by atoms with van der Waals surface area (Å²) < 4.78 is 5.21. The topological polar surface area (TPSA) is 109 Å². The third kappa shape index (κ3) is 8.50. The maximum absolute atomic E-state index is 13.5. The number of nitrogens with zero attached hydrogens (tertiary/aromatic N) is 1. The number of ether oxygens (including phenoxy) is 1. The van der Waals surface area contributed by atoms with Crippen LogP contribution in [0.15, 0.2) is 119 Å². The van der Waals surface area contributed by atoms with Gasteiger partial charge in [0.05, 0.1) is 18.1 Å². The lowest BCUT2D eigenvalue weighted by Gasteiger charge is -2.14. The third-order valence-corrected chi connectivity index (χ3v) is 8.76. The first-order valence-electron chi connectivity index (χ1n) is 14.4. The summed E-state index contributed by atoms with van der Waals surface area (Å²) in [5.74, 6) is -0.300. The fraction of sp³-hybridized carbons (Fsp3) is 0.111. The van der Waals surface area contributed by atoms with Crippen molar-refractivity contribution in [2.75, 3.05) is 17.7 Å². The average Bonchev–Trinajstić information content (AvgIpc) is 3.54. The molecule has 0 aliphatic rings. The first kappa shape index (κ1) is 32.2. The van der Waals surface area contributed by atoms with Gasteiger partial charge < -0.3 is 20.7 Å². The zero-order chi connectivity index (χ0) is 32.5. The normalized spacial score (nSPS) is 11.8. The molecule has 3 N–H and O–H groups in total. The van der Waals surface area contributed by atoms with Gasteiger partial charge in [-0.15, -0.1) is 23.1 Å². The Labute approximate surface area is 275 Å². The van der Waals surface area contributed by atoms with E-state index in [1.807, 2.05) is 79.9 Å². The van der Waals surface area contributed by atoms with E-state index < -0.39 is 17.1 Å². The number of aryl methyl sites for hydroxylation is 1. The molecule has 0 aliphatic heterocycles. The molecule has 0 spiro atoms. The molecule has 0 saturated carbocycles. The van der Waals surface area contributed by atoms with Crippen molar-refractivity contribution in [2.45, 2.75) is 24.0 Å². The number of carbonyl (C=O) groups is 3. The quantitative estimate of drug-likeness (QED) is 0.100. The van der Waals surface area contributed by atoms with Gasteiger partial charge in [0.2, 0.25) is 5.91 Å². The van der Waals surface area contributed by atoms with E-state index in [1.54, 1.807) is 55.7 Å². The van der Waals surface area contributed by atoms with Crippen LogP contribution in [0.25, 0.3) is 17.3 Å². The Morgan fingerprint density at radius 3 is 2.37 bits per heavy atom. The first-order valence-corrected chi connectivity index (χ1v) is 16.2. The van der Waals surface area contributed by atoms with Crippen LogP contribution in [-0.2, 0) is 9.59 Å². The fourth-order valence-electron chi connectivity index (χ4n) is 4.38. The van der Waals surface area contributed by atoms with Gasteiger partial charge in [-0.1, -0.05) is 48.5 Å². The molecular formula is C36H32N4O4S2. The Morgan fingerprint density at radius 2 is 1.63 bits per heavy atom. The maximum Gasteiger partial charge on any atom is 0.272 e. The predicted octanol–water partition coefficient (Wildman–Crippen LogP) is 7.66. The number of rotatable bonds is 11. The number of thioether (sulfide) groups is 1. The van der Waals surface area contributed by atoms with Gasteiger partial charge in [0, 0.05) is 27.1 Å². The van der Waals surface area contributed by atoms with Crippen LogP contribution in [-0.4, -0.2) is 35.1 Å². The van der Waals surface area contributed by atoms with Gasteiger partial charge in [-0.25, -0.2) is 4.98 Å². The number of benzene rings is 4. The highest BCUT2D eigenvalue weighted by atomic mass is 32.2. The molecule has 1 heterocycles. The lowest BCUT2D eigenvalue weighted by atomic mass is 10.1. The lowest BCUT2D eigenvalue weighted by molar-refractivity contribution is -0.115. The second kappa shape index (κ2) is 15.2. The molecule has 1 aromatic heterocycles. The van der Waals surface area contributed by atoms with E-state index in [1.165, 1.54) is 23.1 Å². The summed E-state index contributed by atoms with van der Waals surface area (Å²) in [6.45, 7) is 3.75. The number of methoxy groups -OCH3 is 1. The van der Waals surface area contributed by atoms with Gasteiger partial charge in [-0.3, -0.25) is 14.4 Å². The van der Waals surface area contributed by atoms with E-state index in [4.69, 9.17) is 4.74 Å². The lowest BCUT2D eigenvalue weighted by Crippen LogP contribution is -2.30. The SMILES string of the molecule is COc1ccc(-c2csc(NC(=O)C(C)Sc3cccc(NC(=O)/C(=C/c4ccccc4C)NC(=O)c4ccccc4)c3)n2)cc1. The third-order valence-electron chi connectivity index (χ3n) is 6.91. The van der Waals surface area contributed by atoms with Crippen LogP contribution < -0.4 is 20.7 Å². The number of thiazole rings is 1. The van der Waals surface area contributed by atoms with Crippen LogP contribution in [0.3, 0.4) is 0 Å². The van der Waals surface area contributed by atoms with Crippen molar-refractivity contribution >= 4 is 57.7 Å². The zero-order valence-corrected chi connectivity index (χ0v) is 27.1. The summed E-state index contributed by atoms with van der Waals surface area (Å²) in [5, 5.41) is 10.5. The molecule has 0 fully saturated rings. The zero-order valence-electron chi connectivity index (χ0n) is 25.4. The number of hydrogen-bond donors (Lipinski definition) is 3. The molecule has 5 aromatic rings. The molecular weight excluding hydrogens is 617 g/mol. The molecule has 4 aromatic carbocycles. The van der Waals surface area contributed by atoms with E-state index in [-0.39, 0.29) is 11.6 Å². The molecule has 8 nitrogen and oxygen atoms in total. The number of aromatic nitrogens is 1. The van der Waals surface area contributed by atoms with Crippen LogP contribution in [0.1, 0.15) is 28.4 Å². The van der Waals surface area contributed by atoms with Crippen molar-refractivity contribution in [3.05, 3.63) is 131 Å². The van der Waals surface area contributed by atoms with Gasteiger partial charge in [0.25, 0.3) is 11.8 Å². The van der Waals surface area contributed by atoms with Crippen LogP contribution in [0.5, 0.6) is 5.75 Å². The van der Waals surface area contributed by atoms with E-state index in [0.29, 0.717) is 16.4 Å². The summed E-state index contributed by atoms with van der Waals surface area (Å²) >= 11 is 2.71. The summed E-state index contributed by atoms with van der Waals surface area (Å²) in [6, 6.07) is 31.1. The van der Waals surface area contributed by atoms with Gasteiger partial charge in [0.1, 0.15) is 11.4 Å². The van der Waals surface area contributed by atoms with Crippen LogP contribution in [0.2, 0.25) is 0 Å². The molecule has 46 heavy (non-hydrogen) atoms. The van der Waals surface area contributed by atoms with Crippen molar-refractivity contribution in [3.63, 3.8) is 0 Å². The summed E-state index contributed by atoms with van der Waals surface area (Å²) in [4.78, 5) is 44.8. The van der Waals surface area contributed by atoms with E-state index in [2.05, 4.69) is 20.9 Å². The van der Waals surface area contributed by atoms with Crippen molar-refractivity contribution in [1.29, 1.82) is 0 Å². The molecule has 3 amide bonds. The first-order chi connectivity index (χ1) is 22.3. The molecule has 0 bridgehead atoms. The van der Waals surface area contributed by atoms with Crippen LogP contribution in [0.4, 0.5) is 10.8 Å². The van der Waals surface area contributed by atoms with Crippen molar-refractivity contribution in [2.24, 2.45) is 0 Å². The van der Waals surface area contributed by atoms with Gasteiger partial charge >= 0.3 is 0 Å². The minimum Gasteiger partial charge on any atom is -0.497 e. The largest absolute Gasteiger partial charge is 0.497 e. The number of anilines is 2. The van der Waals surface area contributed by atoms with Crippen molar-refractivity contribution in [1.82, 2.24) is 10.3 Å². The van der Waals surface area contributed by atoms with Gasteiger partial charge in [-0.05, 0) is 85.6 Å². The van der Waals surface area contributed by atoms with E-state index in [0.717, 1.165) is 33.0 Å². The molecule has 10 heteroatoms. The van der Waals surface area contributed by atoms with Crippen LogP contribution in [0, 0.1) is 6.92 Å². The van der Waals surface area contributed by atoms with E-state index >= 15 is 0 Å². The second-order valence-corrected chi connectivity index (χ2v) is 12.5. The smallest absolute Gasteiger partial charge is 0.272 e. The predicted molar refractivity (Wildman–Crippen MR) is 186 cm³/mol. The summed E-state index contributed by atoms with van der Waals surface area (Å²) in [7, 11) is 1.62. The molecule has 1 atom stereocenters. The minimum atomic E-state index is -0.475. The van der Waals surface area contributed by atoms with Crippen LogP contribution >= 0.6 is 23.1 Å². The Balaban J connectivity index is 1.25. The number of nitrogens with one attached hydrogen (secondary N) is 3. The maximum atomic E-state index is 13.5. The van der Waals surface area contributed by atoms with Crippen molar-refractivity contribution < 1.29 is 19.1 Å². The number of hydrogen-bond acceptors (Lipinski definition) is 7. The minimum absolute atomic E-state index is 0.103. The average molecular weight is 649 g/mol. The molecule has 0 radical (unpaired) electrons. The number of amides is 3. The standard InChI is InChI=1S/C36H32N4O4S2/c1-23-10-7-8-13-27(23)20-31(38-34(42)26-11-5-4-6-12-26)35(43)37-28-14-9-15-30(21-28)46-24(2)33(41)40-36-39-32(22-45-36)25-16-18-29(44-3)19-17-25/h4-22,24H,1-3H3,(H,37,43)(H,38,42)(H,39,40,41)/b31-20-. The Bertz CT molecular complexity index is 1870. The highest BCUT2D eigenvalue weighted by molar-refractivity contribution is 8.00. The highest BCUT2D eigenvalue weighted by Gasteiger charge is 2.19. The monoisotopic (exact) mass is 648 g/mol. The Hall–Kier alpha value is -5.19. The summed E-state index contributed by atoms with van der Waals surface area (Å²) in [5.41, 5.74) is 4.52. The number of carbonyl (C=O) groups excluding carboxylic acids is 3. The molecule has 0 saturated heterocycles. The van der Waals surface area contributed by atoms with Gasteiger partial charge in [0.15, 0.2) is 5.13 Å². The summed E-state index contributed by atoms with van der Waals surface area (Å²) in [6.07, 6.45) is 1.66. The second-order valence-electron chi connectivity index (χ2n) is 10.2. The van der Waals surface area contributed by atoms with Gasteiger partial charge in [-0.2, -0.15) is 0 Å². The van der Waals surface area contributed by atoms with Crippen molar-refractivity contribution in [3.8, 4) is 17.0 Å². The Kier molecular flexibility index (Phi) is 10.6. The van der Waals surface area contributed by atoms with E-state index in [9.17, 15) is 14.4 Å². The highest BCUT2D eigenvalue weighted by Crippen LogP contribution is 2.29. The Morgan fingerprint density at radius 1 is 0.891 bits per heavy atom. The molecule has 0 aliphatic carbocycles.